The van der Waals surface area contributed by atoms with Gasteiger partial charge < -0.3 is 0 Å². The maximum Gasteiger partial charge on any atom is 0.223 e. The van der Waals surface area contributed by atoms with Crippen molar-refractivity contribution in [2.45, 2.75) is 13.8 Å². The highest BCUT2D eigenvalue weighted by atomic mass is 79.9. The summed E-state index contributed by atoms with van der Waals surface area (Å²) in [5.74, 6) is -0.0411. The zero-order chi connectivity index (χ0) is 11.9. The van der Waals surface area contributed by atoms with E-state index < -0.39 is 0 Å². The number of halogens is 1. The minimum Gasteiger partial charge on any atom is -0.286 e. The van der Waals surface area contributed by atoms with Gasteiger partial charge in [0.15, 0.2) is 4.60 Å². The normalized spacial score (nSPS) is 10.8. The van der Waals surface area contributed by atoms with Gasteiger partial charge in [-0.3, -0.25) is 4.79 Å². The van der Waals surface area contributed by atoms with E-state index in [-0.39, 0.29) is 5.78 Å². The number of rotatable bonds is 2. The van der Waals surface area contributed by atoms with Crippen LogP contribution in [0.3, 0.4) is 0 Å². The van der Waals surface area contributed by atoms with Crippen LogP contribution in [0.1, 0.15) is 25.8 Å². The van der Waals surface area contributed by atoms with Crippen molar-refractivity contribution in [1.82, 2.24) is 15.0 Å². The lowest BCUT2D eigenvalue weighted by atomic mass is 10.2. The van der Waals surface area contributed by atoms with Gasteiger partial charge in [0.05, 0.1) is 4.88 Å². The second-order valence-corrected chi connectivity index (χ2v) is 5.54. The van der Waals surface area contributed by atoms with Crippen LogP contribution >= 0.6 is 27.3 Å². The van der Waals surface area contributed by atoms with Gasteiger partial charge in [-0.25, -0.2) is 4.68 Å². The number of hydrogen-bond donors (Lipinski definition) is 0. The molecule has 0 atom stereocenters. The second kappa shape index (κ2) is 4.10. The molecule has 0 saturated carbocycles. The molecule has 0 aliphatic heterocycles. The molecule has 0 bridgehead atoms. The molecular weight excluding hydrogens is 290 g/mol. The Hall–Kier alpha value is -1.01. The smallest absolute Gasteiger partial charge is 0.223 e. The van der Waals surface area contributed by atoms with Crippen LogP contribution < -0.4 is 0 Å². The van der Waals surface area contributed by atoms with E-state index in [1.165, 1.54) is 16.0 Å². The van der Waals surface area contributed by atoms with E-state index in [1.807, 2.05) is 19.9 Å². The largest absolute Gasteiger partial charge is 0.286 e. The van der Waals surface area contributed by atoms with Gasteiger partial charge in [0.1, 0.15) is 5.69 Å². The van der Waals surface area contributed by atoms with E-state index in [4.69, 9.17) is 0 Å². The highest BCUT2D eigenvalue weighted by molar-refractivity contribution is 9.10. The van der Waals surface area contributed by atoms with Crippen molar-refractivity contribution in [3.05, 3.63) is 31.7 Å². The Bertz CT molecular complexity index is 519. The average molecular weight is 300 g/mol. The topological polar surface area (TPSA) is 47.8 Å². The molecule has 0 aliphatic carbocycles. The Kier molecular flexibility index (Phi) is 2.94. The second-order valence-electron chi connectivity index (χ2n) is 3.53. The van der Waals surface area contributed by atoms with E-state index >= 15 is 0 Å². The van der Waals surface area contributed by atoms with Gasteiger partial charge in [0, 0.05) is 11.9 Å². The van der Waals surface area contributed by atoms with Crippen molar-refractivity contribution in [1.29, 1.82) is 0 Å². The summed E-state index contributed by atoms with van der Waals surface area (Å²) in [6.45, 7) is 4.01. The number of nitrogens with zero attached hydrogens (tertiary/aromatic N) is 3. The lowest BCUT2D eigenvalue weighted by Crippen LogP contribution is -2.07. The molecule has 0 aliphatic rings. The Balaban J connectivity index is 2.47. The predicted molar refractivity (Wildman–Crippen MR) is 65.9 cm³/mol. The Labute approximate surface area is 105 Å². The van der Waals surface area contributed by atoms with Crippen molar-refractivity contribution in [2.24, 2.45) is 7.05 Å². The molecule has 4 nitrogen and oxygen atoms in total. The highest BCUT2D eigenvalue weighted by Gasteiger charge is 2.20. The highest BCUT2D eigenvalue weighted by Crippen LogP contribution is 2.25. The Morgan fingerprint density at radius 2 is 2.19 bits per heavy atom. The maximum absolute atomic E-state index is 12.2. The van der Waals surface area contributed by atoms with Crippen molar-refractivity contribution >= 4 is 33.0 Å². The van der Waals surface area contributed by atoms with Crippen molar-refractivity contribution < 1.29 is 4.79 Å². The molecule has 0 N–H and O–H groups in total. The summed E-state index contributed by atoms with van der Waals surface area (Å²) < 4.78 is 1.97. The molecule has 0 radical (unpaired) electrons. The zero-order valence-electron chi connectivity index (χ0n) is 9.11. The van der Waals surface area contributed by atoms with Crippen molar-refractivity contribution in [2.75, 3.05) is 0 Å². The quantitative estimate of drug-likeness (QED) is 0.801. The van der Waals surface area contributed by atoms with Gasteiger partial charge in [0.25, 0.3) is 0 Å². The van der Waals surface area contributed by atoms with E-state index in [0.29, 0.717) is 10.3 Å². The van der Waals surface area contributed by atoms with Crippen LogP contribution in [0.15, 0.2) is 10.7 Å². The van der Waals surface area contributed by atoms with E-state index in [9.17, 15) is 4.79 Å². The minimum atomic E-state index is -0.0411. The molecule has 2 heterocycles. The van der Waals surface area contributed by atoms with Crippen LogP contribution in [0.5, 0.6) is 0 Å². The molecule has 2 aromatic heterocycles. The predicted octanol–water partition coefficient (Wildman–Crippen LogP) is 2.49. The summed E-state index contributed by atoms with van der Waals surface area (Å²) in [4.78, 5) is 14.1. The summed E-state index contributed by atoms with van der Waals surface area (Å²) in [6.07, 6.45) is 0. The third kappa shape index (κ3) is 1.82. The monoisotopic (exact) mass is 299 g/mol. The average Bonchev–Trinajstić information content (AvgIpc) is 2.72. The molecule has 16 heavy (non-hydrogen) atoms. The van der Waals surface area contributed by atoms with Crippen LogP contribution in [0.4, 0.5) is 0 Å². The number of carbonyl (C=O) groups is 1. The standard InChI is InChI=1S/C10H10BrN3OS/c1-5-4-7(16-6(5)2)9(15)8-10(11)12-13-14(8)3/h4H,1-3H3. The molecule has 2 rings (SSSR count). The molecule has 0 spiro atoms. The van der Waals surface area contributed by atoms with Crippen LogP contribution in [0.2, 0.25) is 0 Å². The summed E-state index contributed by atoms with van der Waals surface area (Å²) in [6, 6.07) is 1.90. The van der Waals surface area contributed by atoms with Crippen molar-refractivity contribution in [3.8, 4) is 0 Å². The molecule has 0 fully saturated rings. The number of aromatic nitrogens is 3. The van der Waals surface area contributed by atoms with Gasteiger partial charge in [-0.2, -0.15) is 0 Å². The Morgan fingerprint density at radius 3 is 2.62 bits per heavy atom. The summed E-state index contributed by atoms with van der Waals surface area (Å²) in [7, 11) is 1.71. The van der Waals surface area contributed by atoms with E-state index in [0.717, 1.165) is 15.3 Å². The van der Waals surface area contributed by atoms with E-state index in [2.05, 4.69) is 26.2 Å². The fourth-order valence-corrected chi connectivity index (χ4v) is 2.86. The third-order valence-electron chi connectivity index (χ3n) is 2.39. The molecule has 0 saturated heterocycles. The number of aryl methyl sites for hydroxylation is 3. The van der Waals surface area contributed by atoms with Gasteiger partial charge in [-0.15, -0.1) is 16.4 Å². The number of thiophene rings is 1. The molecule has 0 amide bonds. The first-order chi connectivity index (χ1) is 7.50. The van der Waals surface area contributed by atoms with Crippen LogP contribution in [0, 0.1) is 13.8 Å². The molecule has 0 unspecified atom stereocenters. The Morgan fingerprint density at radius 1 is 1.50 bits per heavy atom. The van der Waals surface area contributed by atoms with Crippen molar-refractivity contribution in [3.63, 3.8) is 0 Å². The van der Waals surface area contributed by atoms with E-state index in [1.54, 1.807) is 7.05 Å². The van der Waals surface area contributed by atoms with Crippen LogP contribution in [-0.4, -0.2) is 20.8 Å². The lowest BCUT2D eigenvalue weighted by Gasteiger charge is -1.97. The summed E-state index contributed by atoms with van der Waals surface area (Å²) >= 11 is 4.73. The SMILES string of the molecule is Cc1cc(C(=O)c2c(Br)nnn2C)sc1C. The molecular formula is C10H10BrN3OS. The van der Waals surface area contributed by atoms with Gasteiger partial charge in [-0.05, 0) is 41.4 Å². The summed E-state index contributed by atoms with van der Waals surface area (Å²) in [5, 5.41) is 7.60. The van der Waals surface area contributed by atoms with Crippen LogP contribution in [0.25, 0.3) is 0 Å². The van der Waals surface area contributed by atoms with Gasteiger partial charge >= 0.3 is 0 Å². The van der Waals surface area contributed by atoms with Gasteiger partial charge in [0.2, 0.25) is 5.78 Å². The first-order valence-corrected chi connectivity index (χ1v) is 6.28. The molecule has 84 valence electrons. The van der Waals surface area contributed by atoms with Gasteiger partial charge in [-0.1, -0.05) is 5.21 Å². The lowest BCUT2D eigenvalue weighted by molar-refractivity contribution is 0.103. The zero-order valence-corrected chi connectivity index (χ0v) is 11.5. The summed E-state index contributed by atoms with van der Waals surface area (Å²) in [5.41, 5.74) is 1.63. The minimum absolute atomic E-state index is 0.0411. The first kappa shape index (κ1) is 11.5. The maximum atomic E-state index is 12.2. The number of ketones is 1. The molecule has 2 aromatic rings. The molecule has 6 heteroatoms. The fourth-order valence-electron chi connectivity index (χ4n) is 1.37. The molecule has 0 aromatic carbocycles. The fraction of sp³-hybridized carbons (Fsp3) is 0.300. The van der Waals surface area contributed by atoms with Crippen LogP contribution in [-0.2, 0) is 7.05 Å². The third-order valence-corrected chi connectivity index (χ3v) is 4.08. The number of carbonyl (C=O) groups excluding carboxylic acids is 1. The first-order valence-electron chi connectivity index (χ1n) is 4.67. The number of hydrogen-bond acceptors (Lipinski definition) is 4.